The van der Waals surface area contributed by atoms with Crippen LogP contribution in [0.25, 0.3) is 5.65 Å². The second-order valence-corrected chi connectivity index (χ2v) is 7.00. The highest BCUT2D eigenvalue weighted by atomic mass is 16.2. The molecule has 1 N–H and O–H groups in total. The standard InChI is InChI=1S/C20H24N6O/c1-15-5-3-6-17(16(15)2)22-19(27)13-24-9-11-25(12-10-24)20-8-4-7-18-23-21-14-26(18)20/h3-8,14H,9-13H2,1-2H3,(H,22,27). The molecule has 140 valence electrons. The van der Waals surface area contributed by atoms with Crippen LogP contribution in [0.1, 0.15) is 11.1 Å². The highest BCUT2D eigenvalue weighted by Gasteiger charge is 2.21. The molecule has 27 heavy (non-hydrogen) atoms. The highest BCUT2D eigenvalue weighted by Crippen LogP contribution is 2.19. The molecule has 3 heterocycles. The number of hydrogen-bond acceptors (Lipinski definition) is 5. The van der Waals surface area contributed by atoms with Crippen LogP contribution in [0.4, 0.5) is 11.5 Å². The number of hydrogen-bond donors (Lipinski definition) is 1. The van der Waals surface area contributed by atoms with E-state index in [2.05, 4.69) is 44.4 Å². The van der Waals surface area contributed by atoms with E-state index in [0.717, 1.165) is 48.9 Å². The summed E-state index contributed by atoms with van der Waals surface area (Å²) in [7, 11) is 0. The summed E-state index contributed by atoms with van der Waals surface area (Å²) in [4.78, 5) is 17.0. The summed E-state index contributed by atoms with van der Waals surface area (Å²) in [5, 5.41) is 11.1. The van der Waals surface area contributed by atoms with Gasteiger partial charge in [0.05, 0.1) is 6.54 Å². The van der Waals surface area contributed by atoms with E-state index in [1.54, 1.807) is 6.33 Å². The molecule has 1 saturated heterocycles. The van der Waals surface area contributed by atoms with E-state index in [4.69, 9.17) is 0 Å². The first-order valence-electron chi connectivity index (χ1n) is 9.24. The first kappa shape index (κ1) is 17.5. The molecule has 1 aromatic carbocycles. The maximum atomic E-state index is 12.4. The van der Waals surface area contributed by atoms with E-state index < -0.39 is 0 Å². The van der Waals surface area contributed by atoms with E-state index >= 15 is 0 Å². The molecular formula is C20H24N6O. The van der Waals surface area contributed by atoms with Gasteiger partial charge in [0.25, 0.3) is 0 Å². The lowest BCUT2D eigenvalue weighted by Gasteiger charge is -2.35. The first-order valence-corrected chi connectivity index (χ1v) is 9.24. The minimum atomic E-state index is 0.0399. The summed E-state index contributed by atoms with van der Waals surface area (Å²) in [6, 6.07) is 12.0. The Morgan fingerprint density at radius 2 is 1.85 bits per heavy atom. The van der Waals surface area contributed by atoms with Gasteiger partial charge >= 0.3 is 0 Å². The third-order valence-corrected chi connectivity index (χ3v) is 5.25. The number of pyridine rings is 1. The van der Waals surface area contributed by atoms with Crippen LogP contribution in [0.3, 0.4) is 0 Å². The molecule has 0 atom stereocenters. The number of carbonyl (C=O) groups is 1. The van der Waals surface area contributed by atoms with Crippen LogP contribution in [-0.2, 0) is 4.79 Å². The quantitative estimate of drug-likeness (QED) is 0.768. The molecule has 7 nitrogen and oxygen atoms in total. The van der Waals surface area contributed by atoms with Crippen molar-refractivity contribution < 1.29 is 4.79 Å². The zero-order valence-electron chi connectivity index (χ0n) is 15.7. The summed E-state index contributed by atoms with van der Waals surface area (Å²) < 4.78 is 2.00. The Kier molecular flexibility index (Phi) is 4.77. The van der Waals surface area contributed by atoms with E-state index in [0.29, 0.717) is 6.54 Å². The maximum absolute atomic E-state index is 12.4. The lowest BCUT2D eigenvalue weighted by molar-refractivity contribution is -0.117. The van der Waals surface area contributed by atoms with Crippen molar-refractivity contribution in [1.29, 1.82) is 0 Å². The summed E-state index contributed by atoms with van der Waals surface area (Å²) in [6.45, 7) is 7.94. The van der Waals surface area contributed by atoms with Gasteiger partial charge in [0, 0.05) is 31.9 Å². The minimum absolute atomic E-state index is 0.0399. The topological polar surface area (TPSA) is 65.8 Å². The summed E-state index contributed by atoms with van der Waals surface area (Å²) in [5.74, 6) is 1.13. The number of benzene rings is 1. The van der Waals surface area contributed by atoms with Crippen LogP contribution in [0.5, 0.6) is 0 Å². The summed E-state index contributed by atoms with van der Waals surface area (Å²) >= 11 is 0. The Labute approximate surface area is 158 Å². The fourth-order valence-corrected chi connectivity index (χ4v) is 3.51. The van der Waals surface area contributed by atoms with Crippen molar-refractivity contribution in [1.82, 2.24) is 19.5 Å². The monoisotopic (exact) mass is 364 g/mol. The van der Waals surface area contributed by atoms with Crippen LogP contribution in [0, 0.1) is 13.8 Å². The van der Waals surface area contributed by atoms with Gasteiger partial charge in [-0.25, -0.2) is 0 Å². The number of aryl methyl sites for hydroxylation is 1. The van der Waals surface area contributed by atoms with Crippen molar-refractivity contribution >= 4 is 23.1 Å². The van der Waals surface area contributed by atoms with Crippen molar-refractivity contribution in [2.24, 2.45) is 0 Å². The number of anilines is 2. The van der Waals surface area contributed by atoms with Crippen LogP contribution in [0.15, 0.2) is 42.7 Å². The Hall–Kier alpha value is -2.93. The third kappa shape index (κ3) is 3.64. The Bertz CT molecular complexity index is 958. The molecule has 7 heteroatoms. The number of carbonyl (C=O) groups excluding carboxylic acids is 1. The van der Waals surface area contributed by atoms with Crippen molar-refractivity contribution in [3.8, 4) is 0 Å². The maximum Gasteiger partial charge on any atom is 0.238 e. The first-order chi connectivity index (χ1) is 13.1. The normalized spacial score (nSPS) is 15.3. The van der Waals surface area contributed by atoms with E-state index in [1.807, 2.05) is 35.6 Å². The van der Waals surface area contributed by atoms with Gasteiger partial charge in [-0.2, -0.15) is 0 Å². The van der Waals surface area contributed by atoms with Crippen molar-refractivity contribution in [3.05, 3.63) is 53.9 Å². The van der Waals surface area contributed by atoms with Gasteiger partial charge < -0.3 is 10.2 Å². The Morgan fingerprint density at radius 1 is 1.07 bits per heavy atom. The van der Waals surface area contributed by atoms with Crippen LogP contribution >= 0.6 is 0 Å². The molecule has 0 bridgehead atoms. The highest BCUT2D eigenvalue weighted by molar-refractivity contribution is 5.93. The SMILES string of the molecule is Cc1cccc(NC(=O)CN2CCN(c3cccc4nncn34)CC2)c1C. The van der Waals surface area contributed by atoms with Gasteiger partial charge in [-0.1, -0.05) is 18.2 Å². The van der Waals surface area contributed by atoms with E-state index in [9.17, 15) is 4.79 Å². The fraction of sp³-hybridized carbons (Fsp3) is 0.350. The van der Waals surface area contributed by atoms with E-state index in [-0.39, 0.29) is 5.91 Å². The van der Waals surface area contributed by atoms with Crippen LogP contribution in [0.2, 0.25) is 0 Å². The number of fused-ring (bicyclic) bond motifs is 1. The van der Waals surface area contributed by atoms with E-state index in [1.165, 1.54) is 5.56 Å². The second-order valence-electron chi connectivity index (χ2n) is 7.00. The van der Waals surface area contributed by atoms with Crippen LogP contribution in [-0.4, -0.2) is 58.1 Å². The summed E-state index contributed by atoms with van der Waals surface area (Å²) in [5.41, 5.74) is 4.06. The molecular weight excluding hydrogens is 340 g/mol. The van der Waals surface area contributed by atoms with Crippen molar-refractivity contribution in [2.75, 3.05) is 42.9 Å². The number of amides is 1. The van der Waals surface area contributed by atoms with Gasteiger partial charge in [0.15, 0.2) is 5.65 Å². The molecule has 4 rings (SSSR count). The molecule has 0 aliphatic carbocycles. The second kappa shape index (κ2) is 7.36. The lowest BCUT2D eigenvalue weighted by atomic mass is 10.1. The molecule has 0 spiro atoms. The van der Waals surface area contributed by atoms with Crippen molar-refractivity contribution in [2.45, 2.75) is 13.8 Å². The molecule has 1 fully saturated rings. The minimum Gasteiger partial charge on any atom is -0.355 e. The molecule has 2 aromatic heterocycles. The Morgan fingerprint density at radius 3 is 2.67 bits per heavy atom. The number of nitrogens with zero attached hydrogens (tertiary/aromatic N) is 5. The average Bonchev–Trinajstić information content (AvgIpc) is 3.15. The van der Waals surface area contributed by atoms with Gasteiger partial charge in [-0.15, -0.1) is 10.2 Å². The molecule has 0 saturated carbocycles. The number of nitrogens with one attached hydrogen (secondary N) is 1. The van der Waals surface area contributed by atoms with Gasteiger partial charge in [0.1, 0.15) is 12.1 Å². The van der Waals surface area contributed by atoms with Crippen LogP contribution < -0.4 is 10.2 Å². The molecule has 1 aliphatic rings. The predicted molar refractivity (Wildman–Crippen MR) is 106 cm³/mol. The number of aromatic nitrogens is 3. The molecule has 1 amide bonds. The molecule has 0 unspecified atom stereocenters. The zero-order chi connectivity index (χ0) is 18.8. The van der Waals surface area contributed by atoms with Gasteiger partial charge in [-0.3, -0.25) is 14.1 Å². The average molecular weight is 364 g/mol. The lowest BCUT2D eigenvalue weighted by Crippen LogP contribution is -2.49. The predicted octanol–water partition coefficient (Wildman–Crippen LogP) is 2.11. The fourth-order valence-electron chi connectivity index (χ4n) is 3.51. The zero-order valence-corrected chi connectivity index (χ0v) is 15.7. The van der Waals surface area contributed by atoms with Gasteiger partial charge in [0.2, 0.25) is 5.91 Å². The smallest absolute Gasteiger partial charge is 0.238 e. The largest absolute Gasteiger partial charge is 0.355 e. The molecule has 1 aliphatic heterocycles. The number of piperazine rings is 1. The number of rotatable bonds is 4. The van der Waals surface area contributed by atoms with Gasteiger partial charge in [-0.05, 0) is 43.2 Å². The molecule has 3 aromatic rings. The summed E-state index contributed by atoms with van der Waals surface area (Å²) in [6.07, 6.45) is 1.74. The van der Waals surface area contributed by atoms with Crippen molar-refractivity contribution in [3.63, 3.8) is 0 Å². The molecule has 0 radical (unpaired) electrons. The Balaban J connectivity index is 1.35. The third-order valence-electron chi connectivity index (χ3n) is 5.25.